The maximum Gasteiger partial charge on any atom is 0.307 e. The molecule has 1 aromatic heterocycles. The Morgan fingerprint density at radius 3 is 2.84 bits per heavy atom. The number of hydrogen-bond acceptors (Lipinski definition) is 4. The Morgan fingerprint density at radius 2 is 2.32 bits per heavy atom. The Bertz CT molecular complexity index is 502. The first-order chi connectivity index (χ1) is 9.00. The van der Waals surface area contributed by atoms with Crippen LogP contribution in [0.4, 0.5) is 0 Å². The Hall–Kier alpha value is -1.14. The quantitative estimate of drug-likeness (QED) is 0.852. The van der Waals surface area contributed by atoms with Crippen LogP contribution < -0.4 is 10.2 Å². The zero-order chi connectivity index (χ0) is 13.9. The highest BCUT2D eigenvalue weighted by Crippen LogP contribution is 2.25. The Kier molecular flexibility index (Phi) is 4.42. The van der Waals surface area contributed by atoms with Gasteiger partial charge in [0.05, 0.1) is 13.2 Å². The van der Waals surface area contributed by atoms with Gasteiger partial charge in [-0.1, -0.05) is 18.3 Å². The first-order valence-corrected chi connectivity index (χ1v) is 7.37. The predicted octanol–water partition coefficient (Wildman–Crippen LogP) is 1.15. The van der Waals surface area contributed by atoms with Crippen LogP contribution in [-0.2, 0) is 16.1 Å². The van der Waals surface area contributed by atoms with Gasteiger partial charge in [0.15, 0.2) is 0 Å². The van der Waals surface area contributed by atoms with Crippen LogP contribution in [0.25, 0.3) is 0 Å². The molecule has 2 heterocycles. The smallest absolute Gasteiger partial charge is 0.307 e. The lowest BCUT2D eigenvalue weighted by atomic mass is 9.89. The largest absolute Gasteiger partial charge is 0.380 e. The summed E-state index contributed by atoms with van der Waals surface area (Å²) < 4.78 is 6.86. The molecule has 0 radical (unpaired) electrons. The number of aromatic nitrogens is 1. The monoisotopic (exact) mass is 284 g/mol. The van der Waals surface area contributed by atoms with Crippen molar-refractivity contribution in [3.05, 3.63) is 20.7 Å². The van der Waals surface area contributed by atoms with E-state index in [1.54, 1.807) is 4.57 Å². The lowest BCUT2D eigenvalue weighted by molar-refractivity contribution is -0.126. The predicted molar refractivity (Wildman–Crippen MR) is 74.5 cm³/mol. The number of aryl methyl sites for hydroxylation is 1. The van der Waals surface area contributed by atoms with E-state index < -0.39 is 0 Å². The molecule has 1 aromatic rings. The number of nitrogens with one attached hydrogen (secondary N) is 1. The van der Waals surface area contributed by atoms with Crippen molar-refractivity contribution in [3.63, 3.8) is 0 Å². The van der Waals surface area contributed by atoms with Crippen molar-refractivity contribution < 1.29 is 9.53 Å². The molecule has 1 saturated heterocycles. The van der Waals surface area contributed by atoms with E-state index in [2.05, 4.69) is 12.2 Å². The molecule has 0 bridgehead atoms. The molecule has 19 heavy (non-hydrogen) atoms. The molecule has 0 saturated carbocycles. The number of amides is 1. The van der Waals surface area contributed by atoms with Crippen LogP contribution in [0.5, 0.6) is 0 Å². The zero-order valence-corrected chi connectivity index (χ0v) is 12.2. The highest BCUT2D eigenvalue weighted by atomic mass is 32.1. The van der Waals surface area contributed by atoms with Crippen LogP contribution in [0.2, 0.25) is 0 Å². The van der Waals surface area contributed by atoms with Gasteiger partial charge in [0, 0.05) is 36.0 Å². The normalized spacial score (nSPS) is 16.9. The molecule has 5 nitrogen and oxygen atoms in total. The third-order valence-corrected chi connectivity index (χ3v) is 4.26. The molecule has 0 spiro atoms. The molecule has 0 unspecified atom stereocenters. The van der Waals surface area contributed by atoms with Crippen molar-refractivity contribution in [2.24, 2.45) is 5.41 Å². The van der Waals surface area contributed by atoms with Gasteiger partial charge in [-0.2, -0.15) is 0 Å². The van der Waals surface area contributed by atoms with E-state index in [-0.39, 0.29) is 16.2 Å². The summed E-state index contributed by atoms with van der Waals surface area (Å²) in [5.41, 5.74) is 1.07. The summed E-state index contributed by atoms with van der Waals surface area (Å²) in [6, 6.07) is 0. The lowest BCUT2D eigenvalue weighted by Gasteiger charge is -2.38. The standard InChI is InChI=1S/C13H20N2O3S/c1-10-6-19-12(17)15(10)5-3-4-11(16)14-7-13(2)8-18-9-13/h6H,3-5,7-9H2,1-2H3,(H,14,16). The fourth-order valence-corrected chi connectivity index (χ4v) is 2.79. The molecule has 0 aromatic carbocycles. The fraction of sp³-hybridized carbons (Fsp3) is 0.692. The van der Waals surface area contributed by atoms with Crippen molar-refractivity contribution in [3.8, 4) is 0 Å². The van der Waals surface area contributed by atoms with Crippen LogP contribution in [-0.4, -0.2) is 30.2 Å². The number of ether oxygens (including phenoxy) is 1. The number of carbonyl (C=O) groups excluding carboxylic acids is 1. The highest BCUT2D eigenvalue weighted by molar-refractivity contribution is 7.07. The summed E-state index contributed by atoms with van der Waals surface area (Å²) in [6.07, 6.45) is 1.15. The van der Waals surface area contributed by atoms with Crippen molar-refractivity contribution in [1.29, 1.82) is 0 Å². The van der Waals surface area contributed by atoms with Crippen LogP contribution >= 0.6 is 11.3 Å². The molecule has 1 amide bonds. The van der Waals surface area contributed by atoms with E-state index in [1.165, 1.54) is 11.3 Å². The second-order valence-corrected chi connectivity index (χ2v) is 6.30. The van der Waals surface area contributed by atoms with Crippen LogP contribution in [0.3, 0.4) is 0 Å². The van der Waals surface area contributed by atoms with Crippen molar-refractivity contribution >= 4 is 17.2 Å². The molecular weight excluding hydrogens is 264 g/mol. The average Bonchev–Trinajstić information content (AvgIpc) is 2.65. The van der Waals surface area contributed by atoms with E-state index in [0.29, 0.717) is 25.9 Å². The molecular formula is C13H20N2O3S. The summed E-state index contributed by atoms with van der Waals surface area (Å²) in [5.74, 6) is 0.0501. The topological polar surface area (TPSA) is 60.3 Å². The molecule has 1 aliphatic rings. The van der Waals surface area contributed by atoms with E-state index in [0.717, 1.165) is 18.9 Å². The van der Waals surface area contributed by atoms with E-state index in [4.69, 9.17) is 4.74 Å². The van der Waals surface area contributed by atoms with E-state index in [1.807, 2.05) is 12.3 Å². The molecule has 1 N–H and O–H groups in total. The molecule has 0 aliphatic carbocycles. The Morgan fingerprint density at radius 1 is 1.58 bits per heavy atom. The number of carbonyl (C=O) groups is 1. The van der Waals surface area contributed by atoms with Crippen LogP contribution in [0, 0.1) is 12.3 Å². The zero-order valence-electron chi connectivity index (χ0n) is 11.4. The second-order valence-electron chi connectivity index (χ2n) is 5.48. The molecule has 1 aliphatic heterocycles. The minimum Gasteiger partial charge on any atom is -0.380 e. The van der Waals surface area contributed by atoms with Crippen molar-refractivity contribution in [2.75, 3.05) is 19.8 Å². The van der Waals surface area contributed by atoms with Crippen molar-refractivity contribution in [1.82, 2.24) is 9.88 Å². The minimum absolute atomic E-state index is 0.0501. The van der Waals surface area contributed by atoms with Crippen LogP contribution in [0.15, 0.2) is 10.2 Å². The van der Waals surface area contributed by atoms with Crippen molar-refractivity contribution in [2.45, 2.75) is 33.2 Å². The van der Waals surface area contributed by atoms with Gasteiger partial charge in [0.2, 0.25) is 5.91 Å². The first kappa shape index (κ1) is 14.3. The summed E-state index contributed by atoms with van der Waals surface area (Å²) >= 11 is 1.21. The Balaban J connectivity index is 1.68. The third-order valence-electron chi connectivity index (χ3n) is 3.38. The molecule has 0 atom stereocenters. The van der Waals surface area contributed by atoms with Gasteiger partial charge in [0.25, 0.3) is 0 Å². The average molecular weight is 284 g/mol. The summed E-state index contributed by atoms with van der Waals surface area (Å²) in [7, 11) is 0. The fourth-order valence-electron chi connectivity index (χ4n) is 2.03. The third kappa shape index (κ3) is 3.67. The van der Waals surface area contributed by atoms with Gasteiger partial charge >= 0.3 is 4.87 Å². The lowest BCUT2D eigenvalue weighted by Crippen LogP contribution is -2.48. The molecule has 1 fully saturated rings. The van der Waals surface area contributed by atoms with Gasteiger partial charge in [-0.3, -0.25) is 9.59 Å². The number of thiazole rings is 1. The number of nitrogens with zero attached hydrogens (tertiary/aromatic N) is 1. The van der Waals surface area contributed by atoms with Gasteiger partial charge < -0.3 is 14.6 Å². The van der Waals surface area contributed by atoms with E-state index >= 15 is 0 Å². The number of rotatable bonds is 6. The summed E-state index contributed by atoms with van der Waals surface area (Å²) in [6.45, 7) is 6.74. The Labute approximate surface area is 116 Å². The van der Waals surface area contributed by atoms with E-state index in [9.17, 15) is 9.59 Å². The SMILES string of the molecule is Cc1csc(=O)n1CCCC(=O)NCC1(C)COC1. The van der Waals surface area contributed by atoms with Gasteiger partial charge in [-0.05, 0) is 13.3 Å². The minimum atomic E-state index is 0.0501. The van der Waals surface area contributed by atoms with Gasteiger partial charge in [-0.25, -0.2) is 0 Å². The van der Waals surface area contributed by atoms with Gasteiger partial charge in [0.1, 0.15) is 0 Å². The molecule has 2 rings (SSSR count). The summed E-state index contributed by atoms with van der Waals surface area (Å²) in [5, 5.41) is 4.78. The summed E-state index contributed by atoms with van der Waals surface area (Å²) in [4.78, 5) is 23.2. The second kappa shape index (κ2) is 5.88. The maximum atomic E-state index is 11.7. The van der Waals surface area contributed by atoms with Crippen LogP contribution in [0.1, 0.15) is 25.5 Å². The highest BCUT2D eigenvalue weighted by Gasteiger charge is 2.33. The molecule has 106 valence electrons. The number of hydrogen-bond donors (Lipinski definition) is 1. The molecule has 6 heteroatoms. The van der Waals surface area contributed by atoms with Gasteiger partial charge in [-0.15, -0.1) is 0 Å². The first-order valence-electron chi connectivity index (χ1n) is 6.50. The maximum absolute atomic E-state index is 11.7.